The summed E-state index contributed by atoms with van der Waals surface area (Å²) in [5.74, 6) is 2.14. The normalized spacial score (nSPS) is 10.3. The Labute approximate surface area is 117 Å². The minimum atomic E-state index is 0.601. The molecule has 20 heavy (non-hydrogen) atoms. The molecule has 0 aliphatic rings. The molecule has 0 spiro atoms. The Morgan fingerprint density at radius 2 is 1.90 bits per heavy atom. The minimum absolute atomic E-state index is 0.601. The molecule has 0 bridgehead atoms. The van der Waals surface area contributed by atoms with E-state index in [0.717, 1.165) is 17.1 Å². The average molecular weight is 277 g/mol. The van der Waals surface area contributed by atoms with Crippen molar-refractivity contribution in [1.29, 1.82) is 0 Å². The number of nitrogens with one attached hydrogen (secondary N) is 1. The molecule has 0 aliphatic carbocycles. The number of benzene rings is 1. The maximum absolute atomic E-state index is 5.59. The SMILES string of the molecule is CCOc1ccc(CNc2nnnn2C)cc1OCC. The fraction of sp³-hybridized carbons (Fsp3) is 0.462. The van der Waals surface area contributed by atoms with Crippen molar-refractivity contribution < 1.29 is 9.47 Å². The highest BCUT2D eigenvalue weighted by Crippen LogP contribution is 2.28. The largest absolute Gasteiger partial charge is 0.490 e. The first-order valence-corrected chi connectivity index (χ1v) is 6.59. The molecule has 2 rings (SSSR count). The molecule has 1 aromatic carbocycles. The lowest BCUT2D eigenvalue weighted by atomic mass is 10.2. The molecule has 0 aliphatic heterocycles. The van der Waals surface area contributed by atoms with E-state index in [1.807, 2.05) is 32.0 Å². The van der Waals surface area contributed by atoms with Crippen LogP contribution in [0, 0.1) is 0 Å². The lowest BCUT2D eigenvalue weighted by molar-refractivity contribution is 0.287. The second kappa shape index (κ2) is 6.74. The van der Waals surface area contributed by atoms with Crippen molar-refractivity contribution in [2.45, 2.75) is 20.4 Å². The molecule has 7 heteroatoms. The van der Waals surface area contributed by atoms with Gasteiger partial charge in [-0.15, -0.1) is 0 Å². The summed E-state index contributed by atoms with van der Waals surface area (Å²) < 4.78 is 12.7. The molecular weight excluding hydrogens is 258 g/mol. The molecule has 0 radical (unpaired) electrons. The summed E-state index contributed by atoms with van der Waals surface area (Å²) >= 11 is 0. The first kappa shape index (κ1) is 14.1. The number of anilines is 1. The third-order valence-corrected chi connectivity index (χ3v) is 2.68. The predicted octanol–water partition coefficient (Wildman–Crippen LogP) is 1.62. The fourth-order valence-corrected chi connectivity index (χ4v) is 1.77. The Balaban J connectivity index is 2.08. The smallest absolute Gasteiger partial charge is 0.242 e. The molecule has 2 aromatic rings. The van der Waals surface area contributed by atoms with Gasteiger partial charge < -0.3 is 14.8 Å². The summed E-state index contributed by atoms with van der Waals surface area (Å²) in [6.45, 7) is 5.73. The van der Waals surface area contributed by atoms with E-state index in [1.54, 1.807) is 11.7 Å². The molecule has 0 amide bonds. The number of tetrazole rings is 1. The van der Waals surface area contributed by atoms with Crippen molar-refractivity contribution in [3.8, 4) is 11.5 Å². The number of rotatable bonds is 7. The number of ether oxygens (including phenoxy) is 2. The van der Waals surface area contributed by atoms with Crippen molar-refractivity contribution in [2.24, 2.45) is 7.05 Å². The van der Waals surface area contributed by atoms with Crippen LogP contribution < -0.4 is 14.8 Å². The molecule has 0 fully saturated rings. The second-order valence-electron chi connectivity index (χ2n) is 4.13. The average Bonchev–Trinajstić information content (AvgIpc) is 2.85. The van der Waals surface area contributed by atoms with Gasteiger partial charge in [-0.2, -0.15) is 0 Å². The summed E-state index contributed by atoms with van der Waals surface area (Å²) in [7, 11) is 1.78. The third-order valence-electron chi connectivity index (χ3n) is 2.68. The molecule has 0 atom stereocenters. The van der Waals surface area contributed by atoms with Crippen LogP contribution in [0.2, 0.25) is 0 Å². The number of hydrogen-bond donors (Lipinski definition) is 1. The summed E-state index contributed by atoms with van der Waals surface area (Å²) in [5.41, 5.74) is 1.07. The zero-order chi connectivity index (χ0) is 14.4. The fourth-order valence-electron chi connectivity index (χ4n) is 1.77. The van der Waals surface area contributed by atoms with Gasteiger partial charge in [-0.25, -0.2) is 4.68 Å². The molecule has 1 heterocycles. The van der Waals surface area contributed by atoms with E-state index in [-0.39, 0.29) is 0 Å². The van der Waals surface area contributed by atoms with Gasteiger partial charge in [0.15, 0.2) is 11.5 Å². The Morgan fingerprint density at radius 3 is 2.55 bits per heavy atom. The Kier molecular flexibility index (Phi) is 4.75. The van der Waals surface area contributed by atoms with Crippen LogP contribution in [0.25, 0.3) is 0 Å². The van der Waals surface area contributed by atoms with Gasteiger partial charge >= 0.3 is 0 Å². The van der Waals surface area contributed by atoms with Crippen molar-refractivity contribution in [1.82, 2.24) is 20.2 Å². The van der Waals surface area contributed by atoms with E-state index in [1.165, 1.54) is 0 Å². The van der Waals surface area contributed by atoms with Crippen molar-refractivity contribution >= 4 is 5.95 Å². The van der Waals surface area contributed by atoms with Gasteiger partial charge in [0.2, 0.25) is 5.95 Å². The predicted molar refractivity (Wildman–Crippen MR) is 74.9 cm³/mol. The number of hydrogen-bond acceptors (Lipinski definition) is 6. The summed E-state index contributed by atoms with van der Waals surface area (Å²) in [5, 5.41) is 14.4. The first-order valence-electron chi connectivity index (χ1n) is 6.59. The maximum Gasteiger partial charge on any atom is 0.242 e. The van der Waals surface area contributed by atoms with Crippen LogP contribution in [-0.2, 0) is 13.6 Å². The zero-order valence-electron chi connectivity index (χ0n) is 12.0. The Morgan fingerprint density at radius 1 is 1.15 bits per heavy atom. The highest BCUT2D eigenvalue weighted by atomic mass is 16.5. The highest BCUT2D eigenvalue weighted by Gasteiger charge is 2.07. The first-order chi connectivity index (χ1) is 9.74. The van der Waals surface area contributed by atoms with Gasteiger partial charge in [0.05, 0.1) is 13.2 Å². The maximum atomic E-state index is 5.59. The second-order valence-corrected chi connectivity index (χ2v) is 4.13. The van der Waals surface area contributed by atoms with Crippen molar-refractivity contribution in [3.63, 3.8) is 0 Å². The minimum Gasteiger partial charge on any atom is -0.490 e. The van der Waals surface area contributed by atoms with Crippen LogP contribution in [0.15, 0.2) is 18.2 Å². The van der Waals surface area contributed by atoms with E-state index in [4.69, 9.17) is 9.47 Å². The molecule has 0 saturated heterocycles. The lowest BCUT2D eigenvalue weighted by Gasteiger charge is -2.12. The number of aryl methyl sites for hydroxylation is 1. The van der Waals surface area contributed by atoms with Gasteiger partial charge in [0, 0.05) is 13.6 Å². The van der Waals surface area contributed by atoms with Gasteiger partial charge in [-0.3, -0.25) is 0 Å². The van der Waals surface area contributed by atoms with Gasteiger partial charge in [-0.05, 0) is 42.0 Å². The topological polar surface area (TPSA) is 74.1 Å². The highest BCUT2D eigenvalue weighted by molar-refractivity contribution is 5.43. The number of nitrogens with zero attached hydrogens (tertiary/aromatic N) is 4. The number of aromatic nitrogens is 4. The standard InChI is InChI=1S/C13H19N5O2/c1-4-19-11-7-6-10(8-12(11)20-5-2)9-14-13-15-16-17-18(13)3/h6-8H,4-5,9H2,1-3H3,(H,14,15,17). The van der Waals surface area contributed by atoms with Gasteiger partial charge in [0.1, 0.15) is 0 Å². The molecular formula is C13H19N5O2. The van der Waals surface area contributed by atoms with E-state index in [9.17, 15) is 0 Å². The zero-order valence-corrected chi connectivity index (χ0v) is 12.0. The summed E-state index contributed by atoms with van der Waals surface area (Å²) in [6.07, 6.45) is 0. The van der Waals surface area contributed by atoms with E-state index >= 15 is 0 Å². The van der Waals surface area contributed by atoms with Crippen LogP contribution in [0.1, 0.15) is 19.4 Å². The van der Waals surface area contributed by atoms with Gasteiger partial charge in [-0.1, -0.05) is 11.2 Å². The van der Waals surface area contributed by atoms with E-state index in [2.05, 4.69) is 20.8 Å². The Bertz CT molecular complexity index is 555. The van der Waals surface area contributed by atoms with Crippen LogP contribution >= 0.6 is 0 Å². The van der Waals surface area contributed by atoms with E-state index < -0.39 is 0 Å². The van der Waals surface area contributed by atoms with Crippen LogP contribution in [0.4, 0.5) is 5.95 Å². The molecule has 0 unspecified atom stereocenters. The van der Waals surface area contributed by atoms with Crippen molar-refractivity contribution in [3.05, 3.63) is 23.8 Å². The van der Waals surface area contributed by atoms with Crippen LogP contribution in [0.5, 0.6) is 11.5 Å². The molecule has 7 nitrogen and oxygen atoms in total. The van der Waals surface area contributed by atoms with Crippen molar-refractivity contribution in [2.75, 3.05) is 18.5 Å². The van der Waals surface area contributed by atoms with E-state index in [0.29, 0.717) is 25.7 Å². The Hall–Kier alpha value is -2.31. The summed E-state index contributed by atoms with van der Waals surface area (Å²) in [4.78, 5) is 0. The lowest BCUT2D eigenvalue weighted by Crippen LogP contribution is -2.06. The van der Waals surface area contributed by atoms with Crippen LogP contribution in [-0.4, -0.2) is 33.4 Å². The molecule has 1 N–H and O–H groups in total. The molecule has 108 valence electrons. The molecule has 1 aromatic heterocycles. The van der Waals surface area contributed by atoms with Gasteiger partial charge in [0.25, 0.3) is 0 Å². The molecule has 0 saturated carbocycles. The van der Waals surface area contributed by atoms with Crippen LogP contribution in [0.3, 0.4) is 0 Å². The quantitative estimate of drug-likeness (QED) is 0.829. The monoisotopic (exact) mass is 277 g/mol. The summed E-state index contributed by atoms with van der Waals surface area (Å²) in [6, 6.07) is 5.87. The third kappa shape index (κ3) is 3.37.